The van der Waals surface area contributed by atoms with E-state index < -0.39 is 0 Å². The number of benzene rings is 8. The van der Waals surface area contributed by atoms with Gasteiger partial charge in [0.15, 0.2) is 0 Å². The third kappa shape index (κ3) is 4.61. The highest BCUT2D eigenvalue weighted by molar-refractivity contribution is 7.26. The van der Waals surface area contributed by atoms with E-state index in [1.54, 1.807) is 0 Å². The van der Waals surface area contributed by atoms with Gasteiger partial charge in [0.2, 0.25) is 0 Å². The standard InChI is InChI=1S/C54H39NS2/c1-53(2)43-28-32(35-18-12-20-40-38-16-8-10-22-49(38)56-51(35)40)24-26-37(43)42-30-46-48(31-44(42)53)55(34-14-6-5-7-15-34)47-27-25-33(29-45(47)54(46,3)4)36-19-13-21-41-39-17-9-11-23-50(39)57-52(36)41/h5-31H,1-4H3. The van der Waals surface area contributed by atoms with Crippen molar-refractivity contribution in [3.05, 3.63) is 186 Å². The summed E-state index contributed by atoms with van der Waals surface area (Å²) in [6, 6.07) is 61.7. The van der Waals surface area contributed by atoms with Crippen LogP contribution in [0.15, 0.2) is 164 Å². The Kier molecular flexibility index (Phi) is 6.85. The van der Waals surface area contributed by atoms with Crippen LogP contribution in [-0.2, 0) is 10.8 Å². The molecule has 8 aromatic carbocycles. The van der Waals surface area contributed by atoms with Crippen LogP contribution in [0.2, 0.25) is 0 Å². The van der Waals surface area contributed by atoms with Gasteiger partial charge in [0, 0.05) is 56.9 Å². The van der Waals surface area contributed by atoms with E-state index in [-0.39, 0.29) is 10.8 Å². The Hall–Kier alpha value is -6.00. The first-order valence-corrected chi connectivity index (χ1v) is 21.6. The first kappa shape index (κ1) is 33.2. The number of para-hydroxylation sites is 1. The molecule has 0 saturated carbocycles. The number of hydrogen-bond acceptors (Lipinski definition) is 3. The number of hydrogen-bond donors (Lipinski definition) is 0. The van der Waals surface area contributed by atoms with Crippen LogP contribution in [0.3, 0.4) is 0 Å². The normalized spacial score (nSPS) is 14.9. The van der Waals surface area contributed by atoms with Crippen LogP contribution in [0.4, 0.5) is 17.1 Å². The van der Waals surface area contributed by atoms with Gasteiger partial charge in [-0.25, -0.2) is 0 Å². The number of nitrogens with zero attached hydrogens (tertiary/aromatic N) is 1. The smallest absolute Gasteiger partial charge is 0.0506 e. The molecule has 57 heavy (non-hydrogen) atoms. The lowest BCUT2D eigenvalue weighted by Gasteiger charge is -2.43. The lowest BCUT2D eigenvalue weighted by atomic mass is 9.71. The molecule has 0 atom stereocenters. The highest BCUT2D eigenvalue weighted by Crippen LogP contribution is 2.58. The van der Waals surface area contributed by atoms with E-state index >= 15 is 0 Å². The maximum Gasteiger partial charge on any atom is 0.0506 e. The Balaban J connectivity index is 1.04. The highest BCUT2D eigenvalue weighted by Gasteiger charge is 2.42. The van der Waals surface area contributed by atoms with Crippen LogP contribution in [-0.4, -0.2) is 0 Å². The van der Waals surface area contributed by atoms with Crippen LogP contribution in [0.5, 0.6) is 0 Å². The Bertz CT molecular complexity index is 3300. The minimum atomic E-state index is -0.251. The predicted molar refractivity (Wildman–Crippen MR) is 247 cm³/mol. The molecule has 2 aliphatic rings. The van der Waals surface area contributed by atoms with Crippen molar-refractivity contribution in [2.75, 3.05) is 4.90 Å². The van der Waals surface area contributed by atoms with Crippen LogP contribution in [0, 0.1) is 0 Å². The molecule has 0 spiro atoms. The van der Waals surface area contributed by atoms with E-state index in [9.17, 15) is 0 Å². The SMILES string of the molecule is CC1(C)c2cc(-c3cccc4c3sc3ccccc34)ccc2-c2cc3c(cc21)N(c1ccccc1)c1ccc(-c2cccc4c2sc2ccccc24)cc1C3(C)C. The first-order valence-electron chi connectivity index (χ1n) is 19.9. The van der Waals surface area contributed by atoms with Crippen molar-refractivity contribution in [3.8, 4) is 33.4 Å². The predicted octanol–water partition coefficient (Wildman–Crippen LogP) is 16.2. The Morgan fingerprint density at radius 3 is 1.53 bits per heavy atom. The first-order chi connectivity index (χ1) is 27.8. The van der Waals surface area contributed by atoms with E-state index in [2.05, 4.69) is 196 Å². The summed E-state index contributed by atoms with van der Waals surface area (Å²) in [6.45, 7) is 9.70. The van der Waals surface area contributed by atoms with Crippen LogP contribution in [0.25, 0.3) is 73.7 Å². The zero-order valence-electron chi connectivity index (χ0n) is 32.4. The van der Waals surface area contributed by atoms with Crippen molar-refractivity contribution in [2.45, 2.75) is 38.5 Å². The largest absolute Gasteiger partial charge is 0.310 e. The fourth-order valence-corrected chi connectivity index (χ4v) is 12.6. The van der Waals surface area contributed by atoms with Gasteiger partial charge < -0.3 is 4.90 Å². The van der Waals surface area contributed by atoms with Gasteiger partial charge in [-0.3, -0.25) is 0 Å². The molecular formula is C54H39NS2. The second-order valence-electron chi connectivity index (χ2n) is 16.9. The fraction of sp³-hybridized carbons (Fsp3) is 0.111. The minimum Gasteiger partial charge on any atom is -0.310 e. The molecule has 1 aliphatic heterocycles. The van der Waals surface area contributed by atoms with Crippen molar-refractivity contribution >= 4 is 80.1 Å². The topological polar surface area (TPSA) is 3.24 Å². The summed E-state index contributed by atoms with van der Waals surface area (Å²) in [5, 5.41) is 5.36. The van der Waals surface area contributed by atoms with Gasteiger partial charge in [-0.2, -0.15) is 0 Å². The van der Waals surface area contributed by atoms with Crippen molar-refractivity contribution < 1.29 is 0 Å². The number of fused-ring (bicyclic) bond motifs is 11. The second-order valence-corrected chi connectivity index (χ2v) is 19.0. The van der Waals surface area contributed by atoms with Gasteiger partial charge in [0.05, 0.1) is 11.4 Å². The molecule has 12 rings (SSSR count). The Labute approximate surface area is 341 Å². The summed E-state index contributed by atoms with van der Waals surface area (Å²) in [6.07, 6.45) is 0. The van der Waals surface area contributed by atoms with E-state index in [0.29, 0.717) is 0 Å². The average molecular weight is 766 g/mol. The van der Waals surface area contributed by atoms with E-state index in [4.69, 9.17) is 0 Å². The molecule has 0 unspecified atom stereocenters. The van der Waals surface area contributed by atoms with Gasteiger partial charge in [-0.05, 0) is 110 Å². The van der Waals surface area contributed by atoms with Crippen LogP contribution >= 0.6 is 22.7 Å². The van der Waals surface area contributed by atoms with Crippen LogP contribution < -0.4 is 4.90 Å². The molecule has 3 heterocycles. The summed E-state index contributed by atoms with van der Waals surface area (Å²) in [5.41, 5.74) is 16.6. The fourth-order valence-electron chi connectivity index (χ4n) is 10.1. The molecule has 0 bridgehead atoms. The third-order valence-electron chi connectivity index (χ3n) is 13.1. The lowest BCUT2D eigenvalue weighted by molar-refractivity contribution is 0.627. The molecular weight excluding hydrogens is 727 g/mol. The molecule has 0 N–H and O–H groups in total. The third-order valence-corrected chi connectivity index (χ3v) is 15.5. The molecule has 2 aromatic heterocycles. The molecule has 1 aliphatic carbocycles. The van der Waals surface area contributed by atoms with Gasteiger partial charge in [0.25, 0.3) is 0 Å². The van der Waals surface area contributed by atoms with E-state index in [1.807, 2.05) is 22.7 Å². The number of rotatable bonds is 3. The van der Waals surface area contributed by atoms with E-state index in [0.717, 1.165) is 0 Å². The Morgan fingerprint density at radius 2 is 0.877 bits per heavy atom. The average Bonchev–Trinajstić information content (AvgIpc) is 3.88. The highest BCUT2D eigenvalue weighted by atomic mass is 32.1. The van der Waals surface area contributed by atoms with Crippen molar-refractivity contribution in [2.24, 2.45) is 0 Å². The summed E-state index contributed by atoms with van der Waals surface area (Å²) in [4.78, 5) is 2.52. The molecule has 3 heteroatoms. The number of anilines is 3. The summed E-state index contributed by atoms with van der Waals surface area (Å²) >= 11 is 3.81. The molecule has 1 nitrogen and oxygen atoms in total. The Morgan fingerprint density at radius 1 is 0.368 bits per heavy atom. The van der Waals surface area contributed by atoms with Crippen molar-refractivity contribution in [3.63, 3.8) is 0 Å². The maximum absolute atomic E-state index is 2.54. The molecule has 272 valence electrons. The molecule has 10 aromatic rings. The van der Waals surface area contributed by atoms with Crippen molar-refractivity contribution in [1.82, 2.24) is 0 Å². The molecule has 0 fully saturated rings. The summed E-state index contributed by atoms with van der Waals surface area (Å²) in [5.74, 6) is 0. The lowest BCUT2D eigenvalue weighted by Crippen LogP contribution is -2.31. The van der Waals surface area contributed by atoms with Crippen LogP contribution in [0.1, 0.15) is 49.9 Å². The van der Waals surface area contributed by atoms with Gasteiger partial charge in [0.1, 0.15) is 0 Å². The maximum atomic E-state index is 2.54. The van der Waals surface area contributed by atoms with Crippen molar-refractivity contribution in [1.29, 1.82) is 0 Å². The monoisotopic (exact) mass is 765 g/mol. The molecule has 0 saturated heterocycles. The van der Waals surface area contributed by atoms with Gasteiger partial charge in [-0.1, -0.05) is 137 Å². The summed E-state index contributed by atoms with van der Waals surface area (Å²) in [7, 11) is 0. The molecule has 0 radical (unpaired) electrons. The molecule has 0 amide bonds. The number of thiophene rings is 2. The zero-order chi connectivity index (χ0) is 38.2. The second kappa shape index (κ2) is 11.8. The summed E-state index contributed by atoms with van der Waals surface area (Å²) < 4.78 is 5.40. The van der Waals surface area contributed by atoms with E-state index in [1.165, 1.54) is 113 Å². The minimum absolute atomic E-state index is 0.177. The van der Waals surface area contributed by atoms with Gasteiger partial charge in [-0.15, -0.1) is 22.7 Å². The van der Waals surface area contributed by atoms with Gasteiger partial charge >= 0.3 is 0 Å². The quantitative estimate of drug-likeness (QED) is 0.173. The zero-order valence-corrected chi connectivity index (χ0v) is 34.0.